The quantitative estimate of drug-likeness (QED) is 0.588. The zero-order chi connectivity index (χ0) is 19.3. The molecule has 26 heavy (non-hydrogen) atoms. The molecule has 1 aliphatic heterocycles. The van der Waals surface area contributed by atoms with E-state index in [0.29, 0.717) is 16.7 Å². The second-order valence-electron chi connectivity index (χ2n) is 8.61. The largest absolute Gasteiger partial charge is 0.421 e. The van der Waals surface area contributed by atoms with Gasteiger partial charge in [-0.05, 0) is 48.6 Å². The van der Waals surface area contributed by atoms with Crippen LogP contribution in [0.5, 0.6) is 0 Å². The van der Waals surface area contributed by atoms with E-state index >= 15 is 0 Å². The zero-order valence-electron chi connectivity index (χ0n) is 16.1. The van der Waals surface area contributed by atoms with Gasteiger partial charge in [-0.3, -0.25) is 9.59 Å². The van der Waals surface area contributed by atoms with Gasteiger partial charge in [-0.15, -0.1) is 0 Å². The predicted octanol–water partition coefficient (Wildman–Crippen LogP) is 4.48. The number of rotatable bonds is 3. The molecule has 1 aromatic carbocycles. The smallest absolute Gasteiger partial charge is 0.342 e. The topological polar surface area (TPSA) is 69.7 Å². The maximum absolute atomic E-state index is 12.6. The molecular formula is C21H26O5. The lowest BCUT2D eigenvalue weighted by molar-refractivity contribution is -0.164. The molecule has 3 rings (SSSR count). The summed E-state index contributed by atoms with van der Waals surface area (Å²) < 4.78 is 10.4. The molecule has 5 heteroatoms. The van der Waals surface area contributed by atoms with E-state index in [-0.39, 0.29) is 16.6 Å². The highest BCUT2D eigenvalue weighted by Gasteiger charge is 2.44. The predicted molar refractivity (Wildman–Crippen MR) is 96.0 cm³/mol. The Kier molecular flexibility index (Phi) is 4.45. The van der Waals surface area contributed by atoms with Gasteiger partial charge in [0, 0.05) is 12.5 Å². The van der Waals surface area contributed by atoms with E-state index < -0.39 is 18.2 Å². The lowest BCUT2D eigenvalue weighted by Gasteiger charge is -2.44. The van der Waals surface area contributed by atoms with Crippen LogP contribution in [0.2, 0.25) is 0 Å². The summed E-state index contributed by atoms with van der Waals surface area (Å²) in [7, 11) is 0. The van der Waals surface area contributed by atoms with E-state index in [4.69, 9.17) is 9.47 Å². The van der Waals surface area contributed by atoms with Crippen LogP contribution < -0.4 is 0 Å². The molecule has 1 saturated carbocycles. The Morgan fingerprint density at radius 3 is 2.42 bits per heavy atom. The van der Waals surface area contributed by atoms with Crippen molar-refractivity contribution in [2.24, 2.45) is 5.41 Å². The zero-order valence-corrected chi connectivity index (χ0v) is 16.1. The highest BCUT2D eigenvalue weighted by Crippen LogP contribution is 2.50. The van der Waals surface area contributed by atoms with Crippen LogP contribution in [0, 0.1) is 5.41 Å². The van der Waals surface area contributed by atoms with Crippen LogP contribution in [-0.2, 0) is 19.7 Å². The van der Waals surface area contributed by atoms with Crippen molar-refractivity contribution < 1.29 is 23.9 Å². The number of ketones is 1. The number of hydrogen-bond acceptors (Lipinski definition) is 5. The molecule has 2 unspecified atom stereocenters. The maximum atomic E-state index is 12.6. The second kappa shape index (κ2) is 6.22. The third-order valence-electron chi connectivity index (χ3n) is 5.64. The fourth-order valence-electron chi connectivity index (χ4n) is 4.80. The average molecular weight is 358 g/mol. The van der Waals surface area contributed by atoms with Gasteiger partial charge >= 0.3 is 11.9 Å². The molecule has 140 valence electrons. The SMILES string of the molecule is CC(=O)OC1OC(=O)c2ccc(C3(C)CCCC(C)(C)C3)c(C(C)=O)c21. The van der Waals surface area contributed by atoms with Crippen molar-refractivity contribution in [3.05, 3.63) is 34.4 Å². The molecule has 0 aromatic heterocycles. The third-order valence-corrected chi connectivity index (χ3v) is 5.64. The summed E-state index contributed by atoms with van der Waals surface area (Å²) in [6.07, 6.45) is 3.02. The number of carbonyl (C=O) groups is 3. The number of carbonyl (C=O) groups excluding carboxylic acids is 3. The Morgan fingerprint density at radius 2 is 1.85 bits per heavy atom. The Morgan fingerprint density at radius 1 is 1.15 bits per heavy atom. The number of benzene rings is 1. The van der Waals surface area contributed by atoms with Crippen molar-refractivity contribution in [1.29, 1.82) is 0 Å². The summed E-state index contributed by atoms with van der Waals surface area (Å²) >= 11 is 0. The van der Waals surface area contributed by atoms with Crippen LogP contribution >= 0.6 is 0 Å². The van der Waals surface area contributed by atoms with Crippen molar-refractivity contribution in [1.82, 2.24) is 0 Å². The number of esters is 2. The highest BCUT2D eigenvalue weighted by molar-refractivity contribution is 6.03. The molecule has 1 heterocycles. The van der Waals surface area contributed by atoms with Crippen molar-refractivity contribution in [2.45, 2.75) is 72.0 Å². The van der Waals surface area contributed by atoms with Crippen LogP contribution in [0.25, 0.3) is 0 Å². The van der Waals surface area contributed by atoms with Crippen molar-refractivity contribution in [3.8, 4) is 0 Å². The number of fused-ring (bicyclic) bond motifs is 1. The van der Waals surface area contributed by atoms with Crippen molar-refractivity contribution in [3.63, 3.8) is 0 Å². The molecule has 0 spiro atoms. The molecule has 1 aliphatic carbocycles. The molecular weight excluding hydrogens is 332 g/mol. The first-order valence-electron chi connectivity index (χ1n) is 9.11. The normalized spacial score (nSPS) is 26.8. The summed E-state index contributed by atoms with van der Waals surface area (Å²) in [6.45, 7) is 9.43. The molecule has 1 aromatic rings. The monoisotopic (exact) mass is 358 g/mol. The highest BCUT2D eigenvalue weighted by atomic mass is 16.7. The van der Waals surface area contributed by atoms with Crippen LogP contribution in [0.3, 0.4) is 0 Å². The van der Waals surface area contributed by atoms with Crippen molar-refractivity contribution in [2.75, 3.05) is 0 Å². The Hall–Kier alpha value is -2.17. The van der Waals surface area contributed by atoms with Gasteiger partial charge in [0.15, 0.2) is 5.78 Å². The lowest BCUT2D eigenvalue weighted by atomic mass is 9.60. The minimum Gasteiger partial charge on any atom is -0.421 e. The molecule has 0 saturated heterocycles. The van der Waals surface area contributed by atoms with E-state index in [2.05, 4.69) is 20.8 Å². The van der Waals surface area contributed by atoms with Crippen molar-refractivity contribution >= 4 is 17.7 Å². The first kappa shape index (κ1) is 18.6. The molecule has 2 atom stereocenters. The van der Waals surface area contributed by atoms with Gasteiger partial charge in [-0.2, -0.15) is 0 Å². The van der Waals surface area contributed by atoms with Gasteiger partial charge in [0.1, 0.15) is 0 Å². The molecule has 1 fully saturated rings. The van der Waals surface area contributed by atoms with Crippen LogP contribution in [0.1, 0.15) is 98.4 Å². The number of cyclic esters (lactones) is 1. The van der Waals surface area contributed by atoms with E-state index in [9.17, 15) is 14.4 Å². The molecule has 2 aliphatic rings. The maximum Gasteiger partial charge on any atom is 0.342 e. The molecule has 5 nitrogen and oxygen atoms in total. The third kappa shape index (κ3) is 3.15. The summed E-state index contributed by atoms with van der Waals surface area (Å²) in [5, 5.41) is 0. The standard InChI is InChI=1S/C21H26O5/c1-12(22)16-15(21(5)10-6-9-20(3,4)11-21)8-7-14-17(16)19(25-13(2)23)26-18(14)24/h7-8,19H,6,9-11H2,1-5H3. The average Bonchev–Trinajstić information content (AvgIpc) is 2.80. The number of hydrogen-bond donors (Lipinski definition) is 0. The number of Topliss-reactive ketones (excluding diaryl/α,β-unsaturated/α-hetero) is 1. The summed E-state index contributed by atoms with van der Waals surface area (Å²) in [6, 6.07) is 3.59. The molecule has 0 bridgehead atoms. The minimum atomic E-state index is -1.14. The van der Waals surface area contributed by atoms with Gasteiger partial charge in [-0.1, -0.05) is 33.3 Å². The van der Waals surface area contributed by atoms with E-state index in [1.165, 1.54) is 13.8 Å². The number of ether oxygens (including phenoxy) is 2. The lowest BCUT2D eigenvalue weighted by Crippen LogP contribution is -2.35. The van der Waals surface area contributed by atoms with Gasteiger partial charge in [-0.25, -0.2) is 4.79 Å². The van der Waals surface area contributed by atoms with E-state index in [1.807, 2.05) is 6.07 Å². The minimum absolute atomic E-state index is 0.142. The van der Waals surface area contributed by atoms with E-state index in [1.54, 1.807) is 6.07 Å². The molecule has 0 N–H and O–H groups in total. The fourth-order valence-corrected chi connectivity index (χ4v) is 4.80. The second-order valence-corrected chi connectivity index (χ2v) is 8.61. The first-order chi connectivity index (χ1) is 12.0. The molecule has 0 amide bonds. The van der Waals surface area contributed by atoms with Gasteiger partial charge in [0.25, 0.3) is 6.29 Å². The van der Waals surface area contributed by atoms with Crippen LogP contribution in [0.15, 0.2) is 12.1 Å². The van der Waals surface area contributed by atoms with Crippen LogP contribution in [0.4, 0.5) is 0 Å². The summed E-state index contributed by atoms with van der Waals surface area (Å²) in [4.78, 5) is 36.2. The van der Waals surface area contributed by atoms with Gasteiger partial charge < -0.3 is 9.47 Å². The Bertz CT molecular complexity index is 790. The fraction of sp³-hybridized carbons (Fsp3) is 0.571. The summed E-state index contributed by atoms with van der Waals surface area (Å²) in [5.74, 6) is -1.26. The van der Waals surface area contributed by atoms with Gasteiger partial charge in [0.05, 0.1) is 11.1 Å². The molecule has 0 radical (unpaired) electrons. The first-order valence-corrected chi connectivity index (χ1v) is 9.11. The van der Waals surface area contributed by atoms with Gasteiger partial charge in [0.2, 0.25) is 0 Å². The van der Waals surface area contributed by atoms with Crippen LogP contribution in [-0.4, -0.2) is 17.7 Å². The summed E-state index contributed by atoms with van der Waals surface area (Å²) in [5.41, 5.74) is 2.11. The Labute approximate surface area is 154 Å². The Balaban J connectivity index is 2.18. The van der Waals surface area contributed by atoms with E-state index in [0.717, 1.165) is 31.2 Å².